The van der Waals surface area contributed by atoms with Crippen LogP contribution < -0.4 is 20.4 Å². The highest BCUT2D eigenvalue weighted by atomic mass is 16.3. The first kappa shape index (κ1) is 20.6. The number of fused-ring (bicyclic) bond motifs is 2. The second kappa shape index (κ2) is 9.00. The number of nitrogens with zero attached hydrogens (tertiary/aromatic N) is 5. The molecule has 0 spiro atoms. The monoisotopic (exact) mass is 423 g/mol. The van der Waals surface area contributed by atoms with Crippen molar-refractivity contribution in [1.82, 2.24) is 19.9 Å². The number of piperazine rings is 1. The van der Waals surface area contributed by atoms with Crippen LogP contribution in [0.25, 0.3) is 11.0 Å². The molecule has 2 amide bonds. The summed E-state index contributed by atoms with van der Waals surface area (Å²) in [6.45, 7) is 4.31. The van der Waals surface area contributed by atoms with E-state index in [0.717, 1.165) is 55.1 Å². The van der Waals surface area contributed by atoms with Gasteiger partial charge in [0.2, 0.25) is 0 Å². The molecule has 5 heterocycles. The number of aromatic nitrogens is 3. The number of hydrogen-bond donors (Lipinski definition) is 3. The quantitative estimate of drug-likeness (QED) is 0.537. The van der Waals surface area contributed by atoms with Crippen LogP contribution in [0.5, 0.6) is 0 Å². The molecule has 3 N–H and O–H groups in total. The maximum Gasteiger partial charge on any atom is 0.327 e. The molecule has 1 saturated heterocycles. The van der Waals surface area contributed by atoms with E-state index in [1.54, 1.807) is 11.1 Å². The van der Waals surface area contributed by atoms with Gasteiger partial charge < -0.3 is 25.2 Å². The minimum Gasteiger partial charge on any atom is -0.483 e. The zero-order chi connectivity index (χ0) is 21.8. The molecule has 0 aromatic carbocycles. The van der Waals surface area contributed by atoms with Crippen LogP contribution >= 0.6 is 0 Å². The number of urea groups is 1. The van der Waals surface area contributed by atoms with Crippen molar-refractivity contribution in [3.8, 4) is 0 Å². The van der Waals surface area contributed by atoms with Gasteiger partial charge >= 0.3 is 6.03 Å². The summed E-state index contributed by atoms with van der Waals surface area (Å²) in [6, 6.07) is 5.72. The fourth-order valence-electron chi connectivity index (χ4n) is 4.13. The Balaban J connectivity index is 0.000000730. The van der Waals surface area contributed by atoms with E-state index in [2.05, 4.69) is 31.6 Å². The Bertz CT molecular complexity index is 1090. The number of carbonyl (C=O) groups excluding carboxylic acids is 1. The first-order chi connectivity index (χ1) is 15.1. The first-order valence-electron chi connectivity index (χ1n) is 10.1. The topological polar surface area (TPSA) is 116 Å². The highest BCUT2D eigenvalue weighted by Crippen LogP contribution is 2.34. The van der Waals surface area contributed by atoms with Gasteiger partial charge in [0.25, 0.3) is 6.47 Å². The van der Waals surface area contributed by atoms with Crippen LogP contribution in [-0.2, 0) is 18.3 Å². The number of anilines is 3. The Kier molecular flexibility index (Phi) is 5.99. The van der Waals surface area contributed by atoms with Gasteiger partial charge in [-0.1, -0.05) is 0 Å². The fourth-order valence-corrected chi connectivity index (χ4v) is 4.13. The van der Waals surface area contributed by atoms with E-state index in [0.29, 0.717) is 6.54 Å². The minimum atomic E-state index is -0.250. The number of aryl methyl sites for hydroxylation is 1. The highest BCUT2D eigenvalue weighted by molar-refractivity contribution is 6.07. The van der Waals surface area contributed by atoms with Gasteiger partial charge in [0.1, 0.15) is 11.5 Å². The maximum atomic E-state index is 13.0. The lowest BCUT2D eigenvalue weighted by Crippen LogP contribution is -2.43. The molecule has 0 radical (unpaired) electrons. The number of pyridine rings is 2. The molecule has 2 aliphatic rings. The van der Waals surface area contributed by atoms with E-state index >= 15 is 0 Å². The predicted octanol–water partition coefficient (Wildman–Crippen LogP) is 1.67. The molecule has 0 unspecified atom stereocenters. The van der Waals surface area contributed by atoms with Crippen molar-refractivity contribution < 1.29 is 14.7 Å². The second-order valence-electron chi connectivity index (χ2n) is 7.33. The summed E-state index contributed by atoms with van der Waals surface area (Å²) >= 11 is 0. The van der Waals surface area contributed by atoms with E-state index in [9.17, 15) is 4.79 Å². The molecular weight excluding hydrogens is 398 g/mol. The Hall–Kier alpha value is -3.66. The minimum absolute atomic E-state index is 0.153. The molecule has 10 heteroatoms. The van der Waals surface area contributed by atoms with Crippen LogP contribution in [0.15, 0.2) is 36.8 Å². The summed E-state index contributed by atoms with van der Waals surface area (Å²) in [5.41, 5.74) is 3.98. The SMILES string of the molecule is Cn1ccc2c(NC(=O)N3CCc4c(N5CCNCC5)ccnc43)ccnc21.O=CO. The largest absolute Gasteiger partial charge is 0.483 e. The summed E-state index contributed by atoms with van der Waals surface area (Å²) in [7, 11) is 1.94. The van der Waals surface area contributed by atoms with Crippen molar-refractivity contribution in [2.75, 3.05) is 47.8 Å². The lowest BCUT2D eigenvalue weighted by molar-refractivity contribution is -0.122. The number of nitrogens with one attached hydrogen (secondary N) is 2. The number of carboxylic acid groups (broad SMARTS) is 1. The first-order valence-corrected chi connectivity index (χ1v) is 10.1. The normalized spacial score (nSPS) is 15.3. The Morgan fingerprint density at radius 3 is 2.68 bits per heavy atom. The smallest absolute Gasteiger partial charge is 0.327 e. The van der Waals surface area contributed by atoms with Crippen molar-refractivity contribution in [2.24, 2.45) is 7.05 Å². The Labute approximate surface area is 179 Å². The van der Waals surface area contributed by atoms with E-state index in [1.165, 1.54) is 11.3 Å². The number of amides is 2. The van der Waals surface area contributed by atoms with Gasteiger partial charge in [0, 0.05) is 75.0 Å². The maximum absolute atomic E-state index is 13.0. The van der Waals surface area contributed by atoms with Gasteiger partial charge in [-0.2, -0.15) is 0 Å². The van der Waals surface area contributed by atoms with Crippen LogP contribution in [-0.4, -0.2) is 64.9 Å². The standard InChI is InChI=1S/C20H23N7O.CH2O2/c1-25-10-4-14-16(2-6-22-18(14)25)24-20(28)27-11-5-15-17(3-7-23-19(15)27)26-12-8-21-9-13-26;2-1-3/h2-4,6-7,10,21H,5,8-9,11-13H2,1H3,(H,22,24,28);1H,(H,2,3). The molecule has 0 atom stereocenters. The molecule has 10 nitrogen and oxygen atoms in total. The lowest BCUT2D eigenvalue weighted by atomic mass is 10.1. The summed E-state index contributed by atoms with van der Waals surface area (Å²) in [5.74, 6) is 0.770. The van der Waals surface area contributed by atoms with Crippen molar-refractivity contribution in [3.05, 3.63) is 42.4 Å². The molecule has 1 fully saturated rings. The van der Waals surface area contributed by atoms with Gasteiger partial charge in [-0.3, -0.25) is 9.69 Å². The Morgan fingerprint density at radius 2 is 1.90 bits per heavy atom. The zero-order valence-corrected chi connectivity index (χ0v) is 17.3. The molecule has 0 saturated carbocycles. The zero-order valence-electron chi connectivity index (χ0n) is 17.3. The molecule has 5 rings (SSSR count). The van der Waals surface area contributed by atoms with Gasteiger partial charge in [-0.15, -0.1) is 0 Å². The van der Waals surface area contributed by atoms with Crippen molar-refractivity contribution in [3.63, 3.8) is 0 Å². The van der Waals surface area contributed by atoms with Gasteiger partial charge in [-0.25, -0.2) is 14.8 Å². The highest BCUT2D eigenvalue weighted by Gasteiger charge is 2.30. The van der Waals surface area contributed by atoms with E-state index in [1.807, 2.05) is 36.1 Å². The van der Waals surface area contributed by atoms with Crippen molar-refractivity contribution in [1.29, 1.82) is 0 Å². The van der Waals surface area contributed by atoms with Gasteiger partial charge in [0.05, 0.1) is 5.69 Å². The third kappa shape index (κ3) is 4.02. The molecule has 3 aromatic heterocycles. The van der Waals surface area contributed by atoms with Gasteiger partial charge in [0.15, 0.2) is 0 Å². The average molecular weight is 423 g/mol. The summed E-state index contributed by atoms with van der Waals surface area (Å²) in [4.78, 5) is 34.4. The Morgan fingerprint density at radius 1 is 1.16 bits per heavy atom. The van der Waals surface area contributed by atoms with Crippen LogP contribution in [0.4, 0.5) is 22.0 Å². The molecule has 31 heavy (non-hydrogen) atoms. The van der Waals surface area contributed by atoms with Crippen molar-refractivity contribution in [2.45, 2.75) is 6.42 Å². The summed E-state index contributed by atoms with van der Waals surface area (Å²) in [5, 5.41) is 14.3. The lowest BCUT2D eigenvalue weighted by Gasteiger charge is -2.31. The summed E-state index contributed by atoms with van der Waals surface area (Å²) in [6.07, 6.45) is 6.30. The molecule has 0 aliphatic carbocycles. The van der Waals surface area contributed by atoms with Gasteiger partial charge in [-0.05, 0) is 24.6 Å². The predicted molar refractivity (Wildman–Crippen MR) is 119 cm³/mol. The van der Waals surface area contributed by atoms with Crippen LogP contribution in [0, 0.1) is 0 Å². The van der Waals surface area contributed by atoms with E-state index in [4.69, 9.17) is 9.90 Å². The molecular formula is C21H25N7O3. The molecule has 162 valence electrons. The number of hydrogen-bond acceptors (Lipinski definition) is 6. The fraction of sp³-hybridized carbons (Fsp3) is 0.333. The third-order valence-corrected chi connectivity index (χ3v) is 5.56. The third-order valence-electron chi connectivity index (χ3n) is 5.56. The van der Waals surface area contributed by atoms with E-state index < -0.39 is 0 Å². The van der Waals surface area contributed by atoms with Crippen LogP contribution in [0.1, 0.15) is 5.56 Å². The second-order valence-corrected chi connectivity index (χ2v) is 7.33. The van der Waals surface area contributed by atoms with Crippen molar-refractivity contribution >= 4 is 40.7 Å². The summed E-state index contributed by atoms with van der Waals surface area (Å²) < 4.78 is 1.94. The van der Waals surface area contributed by atoms with Crippen LogP contribution in [0.2, 0.25) is 0 Å². The molecule has 0 bridgehead atoms. The average Bonchev–Trinajstić information content (AvgIpc) is 3.39. The number of rotatable bonds is 2. The molecule has 3 aromatic rings. The number of carbonyl (C=O) groups is 2. The van der Waals surface area contributed by atoms with E-state index in [-0.39, 0.29) is 12.5 Å². The molecule has 2 aliphatic heterocycles. The van der Waals surface area contributed by atoms with Crippen LogP contribution in [0.3, 0.4) is 0 Å².